The Morgan fingerprint density at radius 1 is 0.864 bits per heavy atom. The Labute approximate surface area is 131 Å². The molecule has 112 valence electrons. The second-order valence-electron chi connectivity index (χ2n) is 6.17. The molecule has 0 radical (unpaired) electrons. The van der Waals surface area contributed by atoms with Gasteiger partial charge in [0.15, 0.2) is 0 Å². The Morgan fingerprint density at radius 2 is 1.55 bits per heavy atom. The van der Waals surface area contributed by atoms with Gasteiger partial charge >= 0.3 is 0 Å². The summed E-state index contributed by atoms with van der Waals surface area (Å²) in [5.41, 5.74) is 2.64. The predicted molar refractivity (Wildman–Crippen MR) is 86.5 cm³/mol. The molecular formula is C20H20O2. The second-order valence-corrected chi connectivity index (χ2v) is 6.17. The molecule has 1 fully saturated rings. The minimum Gasteiger partial charge on any atom is -0.472 e. The van der Waals surface area contributed by atoms with Crippen molar-refractivity contribution < 1.29 is 9.47 Å². The van der Waals surface area contributed by atoms with Crippen LogP contribution in [0.25, 0.3) is 0 Å². The van der Waals surface area contributed by atoms with E-state index in [1.165, 1.54) is 11.1 Å². The van der Waals surface area contributed by atoms with Crippen LogP contribution in [0.15, 0.2) is 73.0 Å². The van der Waals surface area contributed by atoms with Crippen LogP contribution in [-0.4, -0.2) is 12.9 Å². The molecule has 1 aliphatic heterocycles. The Morgan fingerprint density at radius 3 is 2.23 bits per heavy atom. The molecule has 1 saturated carbocycles. The zero-order valence-corrected chi connectivity index (χ0v) is 12.5. The Kier molecular flexibility index (Phi) is 3.47. The lowest BCUT2D eigenvalue weighted by atomic mass is 9.95. The highest BCUT2D eigenvalue weighted by Crippen LogP contribution is 2.52. The van der Waals surface area contributed by atoms with Crippen molar-refractivity contribution >= 4 is 0 Å². The summed E-state index contributed by atoms with van der Waals surface area (Å²) in [5, 5.41) is 0. The normalized spacial score (nSPS) is 26.0. The van der Waals surface area contributed by atoms with Crippen LogP contribution in [0.1, 0.15) is 29.9 Å². The summed E-state index contributed by atoms with van der Waals surface area (Å²) in [5.74, 6) is 0.262. The fraction of sp³-hybridized carbons (Fsp3) is 0.300. The van der Waals surface area contributed by atoms with E-state index in [9.17, 15) is 0 Å². The van der Waals surface area contributed by atoms with E-state index < -0.39 is 0 Å². The highest BCUT2D eigenvalue weighted by Gasteiger charge is 2.53. The highest BCUT2D eigenvalue weighted by atomic mass is 16.7. The maximum Gasteiger partial charge on any atom is 0.208 e. The lowest BCUT2D eigenvalue weighted by Crippen LogP contribution is -2.30. The summed E-state index contributed by atoms with van der Waals surface area (Å²) < 4.78 is 12.1. The lowest BCUT2D eigenvalue weighted by Gasteiger charge is -2.26. The minimum absolute atomic E-state index is 0.0389. The van der Waals surface area contributed by atoms with E-state index in [1.54, 1.807) is 0 Å². The molecule has 2 aromatic rings. The van der Waals surface area contributed by atoms with Crippen LogP contribution in [0.5, 0.6) is 0 Å². The van der Waals surface area contributed by atoms with Crippen LogP contribution < -0.4 is 0 Å². The molecule has 1 aliphatic carbocycles. The van der Waals surface area contributed by atoms with Crippen molar-refractivity contribution in [1.82, 2.24) is 0 Å². The Balaban J connectivity index is 1.52. The summed E-state index contributed by atoms with van der Waals surface area (Å²) in [6.45, 7) is 0.666. The third kappa shape index (κ3) is 2.44. The molecule has 0 amide bonds. The molecular weight excluding hydrogens is 272 g/mol. The van der Waals surface area contributed by atoms with Crippen molar-refractivity contribution in [1.29, 1.82) is 0 Å². The highest BCUT2D eigenvalue weighted by molar-refractivity contribution is 5.33. The van der Waals surface area contributed by atoms with E-state index in [2.05, 4.69) is 60.7 Å². The number of hydrogen-bond donors (Lipinski definition) is 0. The summed E-state index contributed by atoms with van der Waals surface area (Å²) in [7, 11) is 0. The molecule has 0 spiro atoms. The summed E-state index contributed by atoms with van der Waals surface area (Å²) in [6, 6.07) is 21.1. The topological polar surface area (TPSA) is 18.5 Å². The maximum absolute atomic E-state index is 6.17. The van der Waals surface area contributed by atoms with Crippen LogP contribution >= 0.6 is 0 Å². The van der Waals surface area contributed by atoms with Gasteiger partial charge in [0.05, 0.1) is 18.3 Å². The van der Waals surface area contributed by atoms with Crippen molar-refractivity contribution in [2.45, 2.75) is 30.5 Å². The minimum atomic E-state index is -0.181. The Bertz CT molecular complexity index is 644. The zero-order chi connectivity index (χ0) is 14.8. The van der Waals surface area contributed by atoms with E-state index in [0.29, 0.717) is 6.61 Å². The third-order valence-corrected chi connectivity index (χ3v) is 4.76. The van der Waals surface area contributed by atoms with Crippen molar-refractivity contribution in [3.63, 3.8) is 0 Å². The summed E-state index contributed by atoms with van der Waals surface area (Å²) in [4.78, 5) is 0. The van der Waals surface area contributed by atoms with Crippen LogP contribution in [0.2, 0.25) is 0 Å². The Hall–Kier alpha value is -2.06. The average molecular weight is 292 g/mol. The van der Waals surface area contributed by atoms with E-state index in [1.807, 2.05) is 12.3 Å². The molecule has 2 heteroatoms. The number of ether oxygens (including phenoxy) is 2. The predicted octanol–water partition coefficient (Wildman–Crippen LogP) is 4.39. The molecule has 0 aromatic heterocycles. The van der Waals surface area contributed by atoms with Gasteiger partial charge in [-0.15, -0.1) is 0 Å². The average Bonchev–Trinajstić information content (AvgIpc) is 3.41. The van der Waals surface area contributed by atoms with Crippen LogP contribution in [0.3, 0.4) is 0 Å². The first-order chi connectivity index (χ1) is 10.9. The van der Waals surface area contributed by atoms with Gasteiger partial charge in [-0.2, -0.15) is 0 Å². The van der Waals surface area contributed by atoms with E-state index in [4.69, 9.17) is 9.47 Å². The van der Waals surface area contributed by atoms with Crippen molar-refractivity contribution in [2.75, 3.05) is 6.61 Å². The van der Waals surface area contributed by atoms with Crippen molar-refractivity contribution in [2.24, 2.45) is 0 Å². The first kappa shape index (κ1) is 13.6. The van der Waals surface area contributed by atoms with E-state index in [-0.39, 0.29) is 17.6 Å². The van der Waals surface area contributed by atoms with Gasteiger partial charge in [0, 0.05) is 5.92 Å². The second kappa shape index (κ2) is 5.62. The van der Waals surface area contributed by atoms with Crippen LogP contribution in [-0.2, 0) is 14.9 Å². The van der Waals surface area contributed by atoms with Crippen LogP contribution in [0.4, 0.5) is 0 Å². The molecule has 0 N–H and O–H groups in total. The standard InChI is InChI=1S/C20H20O2/c1-3-7-16(8-4-1)17-11-14-21-19(22-15-17)20(12-13-20)18-9-5-2-6-10-18/h1-11,14,17,19H,12-13,15H2/t17-,19-/m1/s1. The van der Waals surface area contributed by atoms with Gasteiger partial charge in [0.25, 0.3) is 0 Å². The van der Waals surface area contributed by atoms with Gasteiger partial charge in [-0.1, -0.05) is 60.7 Å². The monoisotopic (exact) mass is 292 g/mol. The number of benzene rings is 2. The van der Waals surface area contributed by atoms with Gasteiger partial charge < -0.3 is 9.47 Å². The first-order valence-corrected chi connectivity index (χ1v) is 7.93. The summed E-state index contributed by atoms with van der Waals surface area (Å²) >= 11 is 0. The maximum atomic E-state index is 6.17. The summed E-state index contributed by atoms with van der Waals surface area (Å²) in [6.07, 6.45) is 6.02. The number of hydrogen-bond acceptors (Lipinski definition) is 2. The van der Waals surface area contributed by atoms with Gasteiger partial charge in [0.1, 0.15) is 0 Å². The van der Waals surface area contributed by atoms with Gasteiger partial charge in [-0.25, -0.2) is 0 Å². The SMILES string of the molecule is C1=C[C@@H](c2ccccc2)CO[C@H](C2(c3ccccc3)CC2)O1. The molecule has 0 unspecified atom stereocenters. The molecule has 2 aromatic carbocycles. The fourth-order valence-electron chi connectivity index (χ4n) is 3.26. The van der Waals surface area contributed by atoms with Gasteiger partial charge in [-0.3, -0.25) is 0 Å². The van der Waals surface area contributed by atoms with Crippen molar-refractivity contribution in [3.8, 4) is 0 Å². The zero-order valence-electron chi connectivity index (χ0n) is 12.5. The molecule has 2 nitrogen and oxygen atoms in total. The molecule has 0 saturated heterocycles. The largest absolute Gasteiger partial charge is 0.472 e. The van der Waals surface area contributed by atoms with Crippen LogP contribution in [0, 0.1) is 0 Å². The van der Waals surface area contributed by atoms with Crippen molar-refractivity contribution in [3.05, 3.63) is 84.1 Å². The molecule has 2 aliphatic rings. The first-order valence-electron chi connectivity index (χ1n) is 7.93. The molecule has 22 heavy (non-hydrogen) atoms. The quantitative estimate of drug-likeness (QED) is 0.835. The number of rotatable bonds is 3. The van der Waals surface area contributed by atoms with E-state index in [0.717, 1.165) is 12.8 Å². The molecule has 1 heterocycles. The van der Waals surface area contributed by atoms with Gasteiger partial charge in [-0.05, 0) is 30.0 Å². The third-order valence-electron chi connectivity index (χ3n) is 4.76. The fourth-order valence-corrected chi connectivity index (χ4v) is 3.26. The molecule has 4 rings (SSSR count). The van der Waals surface area contributed by atoms with Gasteiger partial charge in [0.2, 0.25) is 6.29 Å². The molecule has 2 atom stereocenters. The smallest absolute Gasteiger partial charge is 0.208 e. The molecule has 0 bridgehead atoms. The lowest BCUT2D eigenvalue weighted by molar-refractivity contribution is -0.124. The van der Waals surface area contributed by atoms with E-state index >= 15 is 0 Å².